The largest absolute Gasteiger partial charge is 0.465 e. The molecule has 0 saturated carbocycles. The Kier molecular flexibility index (Phi) is 5.40. The van der Waals surface area contributed by atoms with Crippen molar-refractivity contribution in [2.24, 2.45) is 0 Å². The lowest BCUT2D eigenvalue weighted by Gasteiger charge is -2.14. The van der Waals surface area contributed by atoms with Gasteiger partial charge >= 0.3 is 12.1 Å². The fraction of sp³-hybridized carbons (Fsp3) is 0.150. The van der Waals surface area contributed by atoms with Crippen LogP contribution in [0.3, 0.4) is 0 Å². The number of methoxy groups -OCH3 is 1. The van der Waals surface area contributed by atoms with Crippen LogP contribution in [0.2, 0.25) is 0 Å². The van der Waals surface area contributed by atoms with Crippen molar-refractivity contribution in [3.63, 3.8) is 0 Å². The zero-order valence-electron chi connectivity index (χ0n) is 15.4. The van der Waals surface area contributed by atoms with E-state index in [4.69, 9.17) is 0 Å². The molecule has 9 heteroatoms. The van der Waals surface area contributed by atoms with Crippen LogP contribution in [0.15, 0.2) is 54.7 Å². The van der Waals surface area contributed by atoms with E-state index in [1.54, 1.807) is 31.2 Å². The van der Waals surface area contributed by atoms with Gasteiger partial charge in [-0.3, -0.25) is 4.79 Å². The van der Waals surface area contributed by atoms with E-state index in [2.05, 4.69) is 15.2 Å². The van der Waals surface area contributed by atoms with E-state index in [1.807, 2.05) is 0 Å². The lowest BCUT2D eigenvalue weighted by Crippen LogP contribution is -2.21. The third-order valence-corrected chi connectivity index (χ3v) is 4.19. The summed E-state index contributed by atoms with van der Waals surface area (Å²) in [6.07, 6.45) is -3.95. The normalized spacial score (nSPS) is 11.2. The van der Waals surface area contributed by atoms with Crippen LogP contribution < -0.4 is 5.32 Å². The number of carbonyl (C=O) groups excluding carboxylic acids is 2. The number of nitrogens with zero attached hydrogens (tertiary/aromatic N) is 2. The minimum atomic E-state index is -4.82. The van der Waals surface area contributed by atoms with Gasteiger partial charge in [0.15, 0.2) is 5.69 Å². The SMILES string of the molecule is COC(=O)c1ccc(C)c(NC(=O)c2cnn(-c3ccccc3)c2C(F)(F)F)c1. The Hall–Kier alpha value is -3.62. The molecule has 0 aliphatic carbocycles. The molecule has 1 heterocycles. The molecule has 0 aliphatic heterocycles. The number of nitrogens with one attached hydrogen (secondary N) is 1. The predicted molar refractivity (Wildman–Crippen MR) is 99.0 cm³/mol. The Bertz CT molecular complexity index is 1060. The summed E-state index contributed by atoms with van der Waals surface area (Å²) in [5.41, 5.74) is -0.743. The lowest BCUT2D eigenvalue weighted by atomic mass is 10.1. The third kappa shape index (κ3) is 4.13. The molecule has 2 aromatic carbocycles. The van der Waals surface area contributed by atoms with Crippen molar-refractivity contribution in [3.8, 4) is 5.69 Å². The molecular formula is C20H16F3N3O3. The second-order valence-corrected chi connectivity index (χ2v) is 6.13. The van der Waals surface area contributed by atoms with Gasteiger partial charge in [0.05, 0.1) is 30.1 Å². The monoisotopic (exact) mass is 403 g/mol. The molecule has 0 radical (unpaired) electrons. The van der Waals surface area contributed by atoms with Crippen LogP contribution in [-0.2, 0) is 10.9 Å². The maximum Gasteiger partial charge on any atom is 0.434 e. The molecule has 6 nitrogen and oxygen atoms in total. The maximum atomic E-state index is 13.7. The topological polar surface area (TPSA) is 73.2 Å². The van der Waals surface area contributed by atoms with Crippen LogP contribution in [-0.4, -0.2) is 28.8 Å². The predicted octanol–water partition coefficient (Wildman–Crippen LogP) is 4.24. The zero-order valence-corrected chi connectivity index (χ0v) is 15.4. The molecule has 3 rings (SSSR count). The van der Waals surface area contributed by atoms with E-state index in [1.165, 1.54) is 31.4 Å². The highest BCUT2D eigenvalue weighted by Crippen LogP contribution is 2.34. The molecule has 0 fully saturated rings. The number of aryl methyl sites for hydroxylation is 1. The van der Waals surface area contributed by atoms with E-state index >= 15 is 0 Å². The highest BCUT2D eigenvalue weighted by molar-refractivity contribution is 6.06. The summed E-state index contributed by atoms with van der Waals surface area (Å²) in [5, 5.41) is 6.18. The first-order valence-corrected chi connectivity index (χ1v) is 8.43. The fourth-order valence-electron chi connectivity index (χ4n) is 2.74. The summed E-state index contributed by atoms with van der Waals surface area (Å²) < 4.78 is 46.5. The molecule has 0 spiro atoms. The highest BCUT2D eigenvalue weighted by atomic mass is 19.4. The summed E-state index contributed by atoms with van der Waals surface area (Å²) in [4.78, 5) is 24.3. The van der Waals surface area contributed by atoms with Gasteiger partial charge < -0.3 is 10.1 Å². The second-order valence-electron chi connectivity index (χ2n) is 6.13. The van der Waals surface area contributed by atoms with E-state index in [9.17, 15) is 22.8 Å². The van der Waals surface area contributed by atoms with Crippen LogP contribution >= 0.6 is 0 Å². The number of para-hydroxylation sites is 1. The molecule has 0 unspecified atom stereocenters. The number of hydrogen-bond donors (Lipinski definition) is 1. The van der Waals surface area contributed by atoms with Crippen LogP contribution in [0.25, 0.3) is 5.69 Å². The summed E-state index contributed by atoms with van der Waals surface area (Å²) in [6, 6.07) is 12.1. The van der Waals surface area contributed by atoms with Gasteiger partial charge in [-0.25, -0.2) is 9.48 Å². The van der Waals surface area contributed by atoms with Crippen molar-refractivity contribution in [2.45, 2.75) is 13.1 Å². The first kappa shape index (κ1) is 20.1. The number of hydrogen-bond acceptors (Lipinski definition) is 4. The number of alkyl halides is 3. The van der Waals surface area contributed by atoms with Crippen LogP contribution in [0.1, 0.15) is 32.0 Å². The van der Waals surface area contributed by atoms with E-state index in [-0.39, 0.29) is 16.9 Å². The number of rotatable bonds is 4. The Morgan fingerprint density at radius 2 is 1.79 bits per heavy atom. The second kappa shape index (κ2) is 7.78. The summed E-state index contributed by atoms with van der Waals surface area (Å²) in [7, 11) is 1.20. The minimum Gasteiger partial charge on any atom is -0.465 e. The molecule has 0 bridgehead atoms. The average Bonchev–Trinajstić information content (AvgIpc) is 3.15. The van der Waals surface area contributed by atoms with Gasteiger partial charge in [-0.15, -0.1) is 0 Å². The number of benzene rings is 2. The fourth-order valence-corrected chi connectivity index (χ4v) is 2.74. The van der Waals surface area contributed by atoms with Gasteiger partial charge in [-0.1, -0.05) is 24.3 Å². The van der Waals surface area contributed by atoms with Gasteiger partial charge in [-0.2, -0.15) is 18.3 Å². The number of aromatic nitrogens is 2. The molecule has 1 aromatic heterocycles. The molecule has 1 N–H and O–H groups in total. The van der Waals surface area contributed by atoms with Gasteiger partial charge in [0.25, 0.3) is 5.91 Å². The number of amides is 1. The Morgan fingerprint density at radius 3 is 2.41 bits per heavy atom. The Labute approximate surface area is 163 Å². The number of halogens is 3. The molecule has 0 aliphatic rings. The van der Waals surface area contributed by atoms with Crippen LogP contribution in [0.5, 0.6) is 0 Å². The summed E-state index contributed by atoms with van der Waals surface area (Å²) in [5.74, 6) is -1.63. The molecular weight excluding hydrogens is 387 g/mol. The molecule has 1 amide bonds. The van der Waals surface area contributed by atoms with Crippen molar-refractivity contribution in [1.29, 1.82) is 0 Å². The van der Waals surface area contributed by atoms with Crippen molar-refractivity contribution >= 4 is 17.6 Å². The van der Waals surface area contributed by atoms with Gasteiger partial charge in [0.1, 0.15) is 0 Å². The lowest BCUT2D eigenvalue weighted by molar-refractivity contribution is -0.143. The molecule has 3 aromatic rings. The summed E-state index contributed by atoms with van der Waals surface area (Å²) in [6.45, 7) is 1.65. The van der Waals surface area contributed by atoms with Crippen molar-refractivity contribution in [3.05, 3.63) is 77.1 Å². The first-order chi connectivity index (χ1) is 13.7. The number of anilines is 1. The number of esters is 1. The smallest absolute Gasteiger partial charge is 0.434 e. The zero-order chi connectivity index (χ0) is 21.2. The molecule has 150 valence electrons. The van der Waals surface area contributed by atoms with Crippen molar-refractivity contribution < 1.29 is 27.5 Å². The van der Waals surface area contributed by atoms with Gasteiger partial charge in [0.2, 0.25) is 0 Å². The third-order valence-electron chi connectivity index (χ3n) is 4.19. The minimum absolute atomic E-state index is 0.157. The van der Waals surface area contributed by atoms with Gasteiger partial charge in [-0.05, 0) is 36.8 Å². The standard InChI is InChI=1S/C20H16F3N3O3/c1-12-8-9-13(19(28)29-2)10-16(12)25-18(27)15-11-24-26(17(15)20(21,22)23)14-6-4-3-5-7-14/h3-11H,1-2H3,(H,25,27). The summed E-state index contributed by atoms with van der Waals surface area (Å²) >= 11 is 0. The van der Waals surface area contributed by atoms with E-state index in [0.717, 1.165) is 6.20 Å². The highest BCUT2D eigenvalue weighted by Gasteiger charge is 2.40. The molecule has 0 atom stereocenters. The Balaban J connectivity index is 2.01. The van der Waals surface area contributed by atoms with Crippen molar-refractivity contribution in [1.82, 2.24) is 9.78 Å². The average molecular weight is 403 g/mol. The first-order valence-electron chi connectivity index (χ1n) is 8.43. The maximum absolute atomic E-state index is 13.7. The molecule has 0 saturated heterocycles. The van der Waals surface area contributed by atoms with E-state index in [0.29, 0.717) is 10.2 Å². The van der Waals surface area contributed by atoms with Crippen molar-refractivity contribution in [2.75, 3.05) is 12.4 Å². The number of carbonyl (C=O) groups is 2. The van der Waals surface area contributed by atoms with Crippen LogP contribution in [0, 0.1) is 6.92 Å². The van der Waals surface area contributed by atoms with E-state index < -0.39 is 29.3 Å². The number of ether oxygens (including phenoxy) is 1. The molecule has 29 heavy (non-hydrogen) atoms. The van der Waals surface area contributed by atoms with Crippen LogP contribution in [0.4, 0.5) is 18.9 Å². The quantitative estimate of drug-likeness (QED) is 0.662. The Morgan fingerprint density at radius 1 is 1.10 bits per heavy atom. The van der Waals surface area contributed by atoms with Gasteiger partial charge in [0, 0.05) is 5.69 Å².